The van der Waals surface area contributed by atoms with Gasteiger partial charge in [0.05, 0.1) is 12.5 Å². The summed E-state index contributed by atoms with van der Waals surface area (Å²) in [5.74, 6) is 0.823. The van der Waals surface area contributed by atoms with Gasteiger partial charge in [0.1, 0.15) is 5.75 Å². The Kier molecular flexibility index (Phi) is 4.87. The van der Waals surface area contributed by atoms with Crippen LogP contribution in [0.5, 0.6) is 5.75 Å². The van der Waals surface area contributed by atoms with Crippen LogP contribution in [0.4, 0.5) is 0 Å². The summed E-state index contributed by atoms with van der Waals surface area (Å²) in [6.07, 6.45) is 10.5. The summed E-state index contributed by atoms with van der Waals surface area (Å²) >= 11 is 6.18. The molecule has 2 atom stereocenters. The highest BCUT2D eigenvalue weighted by Gasteiger charge is 2.33. The molecule has 1 aliphatic carbocycles. The highest BCUT2D eigenvalue weighted by atomic mass is 35.5. The number of dihydropyridines is 1. The van der Waals surface area contributed by atoms with Crippen molar-refractivity contribution in [2.75, 3.05) is 7.11 Å². The molecule has 1 saturated carbocycles. The summed E-state index contributed by atoms with van der Waals surface area (Å²) in [5.41, 5.74) is 2.99. The number of allylic oxidation sites excluding steroid dienone is 3. The fraction of sp³-hybridized carbons (Fsp3) is 0.316. The molecule has 2 aliphatic rings. The molecule has 1 aromatic carbocycles. The number of ketones is 1. The Bertz CT molecular complexity index is 690. The zero-order valence-corrected chi connectivity index (χ0v) is 13.8. The van der Waals surface area contributed by atoms with Crippen molar-refractivity contribution in [1.82, 2.24) is 5.32 Å². The fourth-order valence-corrected chi connectivity index (χ4v) is 3.41. The number of carbonyl (C=O) groups excluding carboxylic acids is 1. The van der Waals surface area contributed by atoms with Crippen LogP contribution in [-0.4, -0.2) is 18.3 Å². The second-order valence-corrected chi connectivity index (χ2v) is 6.34. The lowest BCUT2D eigenvalue weighted by atomic mass is 9.80. The summed E-state index contributed by atoms with van der Waals surface area (Å²) in [6.45, 7) is 0. The second-order valence-electron chi connectivity index (χ2n) is 5.81. The minimum absolute atomic E-state index is 0.124. The lowest BCUT2D eigenvalue weighted by molar-refractivity contribution is -0.122. The van der Waals surface area contributed by atoms with E-state index in [1.165, 1.54) is 0 Å². The first-order valence-electron chi connectivity index (χ1n) is 7.86. The highest BCUT2D eigenvalue weighted by Crippen LogP contribution is 2.34. The Morgan fingerprint density at radius 3 is 3.04 bits per heavy atom. The second kappa shape index (κ2) is 7.05. The first-order chi connectivity index (χ1) is 11.2. The van der Waals surface area contributed by atoms with E-state index in [-0.39, 0.29) is 17.1 Å². The summed E-state index contributed by atoms with van der Waals surface area (Å²) < 4.78 is 5.27. The number of halogens is 1. The average molecular weight is 330 g/mol. The summed E-state index contributed by atoms with van der Waals surface area (Å²) in [5, 5.41) is 2.90. The van der Waals surface area contributed by atoms with Gasteiger partial charge >= 0.3 is 0 Å². The molecule has 1 fully saturated rings. The lowest BCUT2D eigenvalue weighted by Crippen LogP contribution is -2.32. The first-order valence-corrected chi connectivity index (χ1v) is 8.30. The zero-order valence-electron chi connectivity index (χ0n) is 13.1. The van der Waals surface area contributed by atoms with Crippen LogP contribution in [0.3, 0.4) is 0 Å². The molecule has 4 heteroatoms. The van der Waals surface area contributed by atoms with Gasteiger partial charge < -0.3 is 10.1 Å². The maximum atomic E-state index is 12.5. The molecular formula is C19H20ClNO2. The van der Waals surface area contributed by atoms with E-state index in [4.69, 9.17) is 16.3 Å². The number of carbonyl (C=O) groups is 1. The van der Waals surface area contributed by atoms with E-state index in [0.29, 0.717) is 0 Å². The van der Waals surface area contributed by atoms with Crippen LogP contribution < -0.4 is 10.1 Å². The number of hydrogen-bond donors (Lipinski definition) is 1. The Balaban J connectivity index is 1.91. The molecule has 1 aliphatic heterocycles. The van der Waals surface area contributed by atoms with Crippen LogP contribution in [0, 0.1) is 5.92 Å². The highest BCUT2D eigenvalue weighted by molar-refractivity contribution is 6.31. The molecule has 0 radical (unpaired) electrons. The number of Topliss-reactive ketones (excluding diaryl/α,β-unsaturated/α-hetero) is 1. The van der Waals surface area contributed by atoms with Gasteiger partial charge in [-0.3, -0.25) is 4.79 Å². The third-order valence-electron chi connectivity index (χ3n) is 4.30. The van der Waals surface area contributed by atoms with Gasteiger partial charge in [0.25, 0.3) is 0 Å². The average Bonchev–Trinajstić information content (AvgIpc) is 2.58. The molecule has 120 valence electrons. The zero-order chi connectivity index (χ0) is 16.2. The molecule has 3 rings (SSSR count). The predicted molar refractivity (Wildman–Crippen MR) is 93.3 cm³/mol. The van der Waals surface area contributed by atoms with Gasteiger partial charge in [-0.2, -0.15) is 0 Å². The molecule has 3 nitrogen and oxygen atoms in total. The number of alkyl halides is 1. The Morgan fingerprint density at radius 1 is 1.35 bits per heavy atom. The molecule has 23 heavy (non-hydrogen) atoms. The monoisotopic (exact) mass is 329 g/mol. The van der Waals surface area contributed by atoms with E-state index in [1.807, 2.05) is 48.7 Å². The molecular weight excluding hydrogens is 310 g/mol. The van der Waals surface area contributed by atoms with Crippen molar-refractivity contribution in [2.24, 2.45) is 5.92 Å². The molecule has 0 bridgehead atoms. The Hall–Kier alpha value is -2.00. The van der Waals surface area contributed by atoms with E-state index >= 15 is 0 Å². The molecule has 0 saturated heterocycles. The topological polar surface area (TPSA) is 38.3 Å². The van der Waals surface area contributed by atoms with Crippen LogP contribution in [0.15, 0.2) is 53.9 Å². The van der Waals surface area contributed by atoms with Gasteiger partial charge in [0.15, 0.2) is 5.78 Å². The summed E-state index contributed by atoms with van der Waals surface area (Å²) in [7, 11) is 1.65. The Labute approximate surface area is 141 Å². The molecule has 0 spiro atoms. The molecule has 1 N–H and O–H groups in total. The first kappa shape index (κ1) is 15.9. The number of hydrogen-bond acceptors (Lipinski definition) is 3. The normalized spacial score (nSPS) is 25.9. The van der Waals surface area contributed by atoms with E-state index in [0.717, 1.165) is 41.8 Å². The van der Waals surface area contributed by atoms with E-state index in [9.17, 15) is 4.79 Å². The van der Waals surface area contributed by atoms with Crippen molar-refractivity contribution in [1.29, 1.82) is 0 Å². The number of ether oxygens (including phenoxy) is 1. The van der Waals surface area contributed by atoms with Crippen molar-refractivity contribution in [2.45, 2.75) is 24.6 Å². The number of nitrogens with one attached hydrogen (secondary N) is 1. The van der Waals surface area contributed by atoms with Crippen LogP contribution in [0.1, 0.15) is 24.8 Å². The van der Waals surface area contributed by atoms with Gasteiger partial charge in [0, 0.05) is 17.8 Å². The minimum Gasteiger partial charge on any atom is -0.497 e. The number of rotatable bonds is 3. The largest absolute Gasteiger partial charge is 0.497 e. The maximum absolute atomic E-state index is 12.5. The van der Waals surface area contributed by atoms with Crippen molar-refractivity contribution >= 4 is 23.5 Å². The van der Waals surface area contributed by atoms with Crippen LogP contribution in [-0.2, 0) is 4.79 Å². The van der Waals surface area contributed by atoms with Crippen molar-refractivity contribution < 1.29 is 9.53 Å². The van der Waals surface area contributed by atoms with E-state index in [2.05, 4.69) is 5.32 Å². The van der Waals surface area contributed by atoms with Crippen LogP contribution >= 0.6 is 11.6 Å². The van der Waals surface area contributed by atoms with Gasteiger partial charge in [-0.1, -0.05) is 24.6 Å². The van der Waals surface area contributed by atoms with Crippen molar-refractivity contribution in [3.05, 3.63) is 59.5 Å². The summed E-state index contributed by atoms with van der Waals surface area (Å²) in [4.78, 5) is 12.5. The van der Waals surface area contributed by atoms with Gasteiger partial charge in [-0.05, 0) is 48.3 Å². The molecule has 2 unspecified atom stereocenters. The van der Waals surface area contributed by atoms with Gasteiger partial charge in [0.2, 0.25) is 0 Å². The quantitative estimate of drug-likeness (QED) is 0.850. The van der Waals surface area contributed by atoms with Crippen LogP contribution in [0.25, 0.3) is 6.08 Å². The predicted octanol–water partition coefficient (Wildman–Crippen LogP) is 4.06. The van der Waals surface area contributed by atoms with Gasteiger partial charge in [-0.25, -0.2) is 0 Å². The SMILES string of the molecule is COc1cccc(C=C2NC=CC=C2C2CCCC(Cl)C2=O)c1. The maximum Gasteiger partial charge on any atom is 0.158 e. The summed E-state index contributed by atoms with van der Waals surface area (Å²) in [6, 6.07) is 7.85. The van der Waals surface area contributed by atoms with Crippen LogP contribution in [0.2, 0.25) is 0 Å². The third-order valence-corrected chi connectivity index (χ3v) is 4.74. The molecule has 0 aromatic heterocycles. The third kappa shape index (κ3) is 3.50. The Morgan fingerprint density at radius 2 is 2.22 bits per heavy atom. The number of methoxy groups -OCH3 is 1. The smallest absolute Gasteiger partial charge is 0.158 e. The fourth-order valence-electron chi connectivity index (χ4n) is 3.10. The van der Waals surface area contributed by atoms with Crippen molar-refractivity contribution in [3.8, 4) is 5.75 Å². The van der Waals surface area contributed by atoms with Gasteiger partial charge in [-0.15, -0.1) is 11.6 Å². The molecule has 1 heterocycles. The van der Waals surface area contributed by atoms with E-state index in [1.54, 1.807) is 7.11 Å². The van der Waals surface area contributed by atoms with Crippen molar-refractivity contribution in [3.63, 3.8) is 0 Å². The molecule has 1 aromatic rings. The minimum atomic E-state index is -0.362. The van der Waals surface area contributed by atoms with E-state index < -0.39 is 0 Å². The lowest BCUT2D eigenvalue weighted by Gasteiger charge is -2.28. The standard InChI is InChI=1S/C19H20ClNO2/c1-23-14-6-2-5-13(11-14)12-18-15(8-4-10-21-18)16-7-3-9-17(20)19(16)22/h2,4-6,8,10-12,16-17,21H,3,7,9H2,1H3. The number of benzene rings is 1. The molecule has 0 amide bonds.